The van der Waals surface area contributed by atoms with Gasteiger partial charge in [-0.2, -0.15) is 0 Å². The van der Waals surface area contributed by atoms with Crippen molar-refractivity contribution in [2.45, 2.75) is 131 Å². The molecule has 0 N–H and O–H groups in total. The fourth-order valence-electron chi connectivity index (χ4n) is 8.73. The first-order chi connectivity index (χ1) is 26.1. The van der Waals surface area contributed by atoms with Crippen molar-refractivity contribution in [3.63, 3.8) is 0 Å². The van der Waals surface area contributed by atoms with E-state index in [4.69, 9.17) is 0 Å². The molecule has 5 aromatic rings. The molecule has 0 fully saturated rings. The van der Waals surface area contributed by atoms with Crippen LogP contribution >= 0.6 is 0 Å². The SMILES string of the molecule is CCCCc1ccc(N2c3ccc(CCCC)cc3B3c4ccc(CCCC)cc4N(c4cccc(CCCC)c4)c4cc(CCCC)cc2c43)cc1. The maximum Gasteiger partial charge on any atom is 0.252 e. The Balaban J connectivity index is 1.51. The molecule has 0 radical (unpaired) electrons. The van der Waals surface area contributed by atoms with Crippen molar-refractivity contribution in [3.05, 3.63) is 125 Å². The monoisotopic (exact) mass is 700 g/mol. The van der Waals surface area contributed by atoms with Gasteiger partial charge >= 0.3 is 0 Å². The highest BCUT2D eigenvalue weighted by Crippen LogP contribution is 2.45. The fraction of sp³-hybridized carbons (Fsp3) is 0.400. The number of aryl methyl sites for hydroxylation is 5. The highest BCUT2D eigenvalue weighted by Gasteiger charge is 2.43. The maximum atomic E-state index is 2.66. The first-order valence-electron chi connectivity index (χ1n) is 21.3. The molecule has 2 nitrogen and oxygen atoms in total. The van der Waals surface area contributed by atoms with Crippen LogP contribution in [0.15, 0.2) is 97.1 Å². The number of rotatable bonds is 17. The minimum atomic E-state index is 0.173. The lowest BCUT2D eigenvalue weighted by atomic mass is 9.33. The van der Waals surface area contributed by atoms with E-state index in [1.165, 1.54) is 143 Å². The van der Waals surface area contributed by atoms with Crippen LogP contribution in [-0.2, 0) is 32.1 Å². The van der Waals surface area contributed by atoms with Gasteiger partial charge in [-0.25, -0.2) is 0 Å². The van der Waals surface area contributed by atoms with E-state index in [9.17, 15) is 0 Å². The molecule has 2 aliphatic heterocycles. The third kappa shape index (κ3) is 7.73. The van der Waals surface area contributed by atoms with E-state index in [0.29, 0.717) is 0 Å². The Labute approximate surface area is 321 Å². The lowest BCUT2D eigenvalue weighted by Gasteiger charge is -2.45. The van der Waals surface area contributed by atoms with E-state index in [2.05, 4.69) is 141 Å². The third-order valence-corrected chi connectivity index (χ3v) is 11.7. The number of hydrogen-bond acceptors (Lipinski definition) is 2. The number of benzene rings is 5. The van der Waals surface area contributed by atoms with Gasteiger partial charge in [0.1, 0.15) is 0 Å². The van der Waals surface area contributed by atoms with Gasteiger partial charge in [-0.05, 0) is 157 Å². The van der Waals surface area contributed by atoms with Crippen LogP contribution in [0.25, 0.3) is 0 Å². The molecule has 0 bridgehead atoms. The quantitative estimate of drug-likeness (QED) is 0.0873. The van der Waals surface area contributed by atoms with Crippen LogP contribution in [0.5, 0.6) is 0 Å². The predicted molar refractivity (Wildman–Crippen MR) is 234 cm³/mol. The molecule has 0 spiro atoms. The second-order valence-electron chi connectivity index (χ2n) is 15.8. The van der Waals surface area contributed by atoms with Crippen molar-refractivity contribution in [2.24, 2.45) is 0 Å². The van der Waals surface area contributed by atoms with Crippen LogP contribution in [0.4, 0.5) is 34.1 Å². The third-order valence-electron chi connectivity index (χ3n) is 11.7. The van der Waals surface area contributed by atoms with Gasteiger partial charge in [-0.3, -0.25) is 0 Å². The van der Waals surface area contributed by atoms with E-state index in [1.807, 2.05) is 0 Å². The Morgan fingerprint density at radius 1 is 0.377 bits per heavy atom. The van der Waals surface area contributed by atoms with E-state index in [-0.39, 0.29) is 6.71 Å². The standard InChI is InChI=1S/C50H61BN2/c1-6-11-17-37-24-28-42(29-25-37)52-46-31-27-39(19-13-8-3)33-45(46)51-44-30-26-40(20-14-9-4)34-47(44)53(43-23-16-22-38(32-43)18-12-7-2)49-36-41(21-15-10-5)35-48(52)50(49)51/h16,22-36H,6-15,17-21H2,1-5H3. The molecule has 0 aliphatic carbocycles. The van der Waals surface area contributed by atoms with Crippen LogP contribution in [-0.4, -0.2) is 6.71 Å². The molecule has 2 aliphatic rings. The molecule has 0 unspecified atom stereocenters. The van der Waals surface area contributed by atoms with Gasteiger partial charge in [0.25, 0.3) is 6.71 Å². The summed E-state index contributed by atoms with van der Waals surface area (Å²) >= 11 is 0. The molecule has 274 valence electrons. The van der Waals surface area contributed by atoms with E-state index in [0.717, 1.165) is 32.1 Å². The summed E-state index contributed by atoms with van der Waals surface area (Å²) in [4.78, 5) is 5.27. The van der Waals surface area contributed by atoms with Crippen molar-refractivity contribution < 1.29 is 0 Å². The van der Waals surface area contributed by atoms with Crippen LogP contribution in [0.1, 0.15) is 127 Å². The Bertz CT molecular complexity index is 1990. The van der Waals surface area contributed by atoms with Crippen molar-refractivity contribution in [1.29, 1.82) is 0 Å². The Morgan fingerprint density at radius 2 is 0.868 bits per heavy atom. The van der Waals surface area contributed by atoms with Gasteiger partial charge in [0.2, 0.25) is 0 Å². The summed E-state index contributed by atoms with van der Waals surface area (Å²) in [6, 6.07) is 39.0. The molecule has 2 heterocycles. The van der Waals surface area contributed by atoms with Gasteiger partial charge in [0.15, 0.2) is 0 Å². The zero-order valence-electron chi connectivity index (χ0n) is 33.3. The van der Waals surface area contributed by atoms with Crippen molar-refractivity contribution in [1.82, 2.24) is 0 Å². The molecular weight excluding hydrogens is 639 g/mol. The summed E-state index contributed by atoms with van der Waals surface area (Å²) < 4.78 is 0. The van der Waals surface area contributed by atoms with Crippen molar-refractivity contribution >= 4 is 57.2 Å². The summed E-state index contributed by atoms with van der Waals surface area (Å²) in [6.45, 7) is 11.7. The average Bonchev–Trinajstić information content (AvgIpc) is 3.19. The molecule has 0 saturated carbocycles. The van der Waals surface area contributed by atoms with Crippen LogP contribution in [0, 0.1) is 0 Å². The molecule has 5 aromatic carbocycles. The highest BCUT2D eigenvalue weighted by molar-refractivity contribution is 7.00. The first-order valence-corrected chi connectivity index (χ1v) is 21.3. The lowest BCUT2D eigenvalue weighted by Crippen LogP contribution is -2.61. The van der Waals surface area contributed by atoms with Gasteiger partial charge in [0, 0.05) is 34.1 Å². The average molecular weight is 701 g/mol. The summed E-state index contributed by atoms with van der Waals surface area (Å²) in [5.74, 6) is 0. The molecule has 3 heteroatoms. The molecule has 0 amide bonds. The Morgan fingerprint density at radius 3 is 1.49 bits per heavy atom. The first kappa shape index (κ1) is 37.1. The summed E-state index contributed by atoms with van der Waals surface area (Å²) in [7, 11) is 0. The number of unbranched alkanes of at least 4 members (excludes halogenated alkanes) is 5. The Kier molecular flexibility index (Phi) is 12.1. The van der Waals surface area contributed by atoms with Gasteiger partial charge < -0.3 is 9.80 Å². The molecule has 0 saturated heterocycles. The second kappa shape index (κ2) is 17.3. The summed E-state index contributed by atoms with van der Waals surface area (Å²) in [5, 5.41) is 0. The Hall–Kier alpha value is -4.24. The summed E-state index contributed by atoms with van der Waals surface area (Å²) in [6.07, 6.45) is 17.7. The van der Waals surface area contributed by atoms with E-state index >= 15 is 0 Å². The topological polar surface area (TPSA) is 6.48 Å². The number of fused-ring (bicyclic) bond motifs is 4. The van der Waals surface area contributed by atoms with Crippen LogP contribution in [0.2, 0.25) is 0 Å². The maximum absolute atomic E-state index is 2.66. The van der Waals surface area contributed by atoms with E-state index < -0.39 is 0 Å². The largest absolute Gasteiger partial charge is 0.311 e. The second-order valence-corrected chi connectivity index (χ2v) is 15.8. The van der Waals surface area contributed by atoms with Gasteiger partial charge in [0.05, 0.1) is 0 Å². The minimum Gasteiger partial charge on any atom is -0.311 e. The minimum absolute atomic E-state index is 0.173. The summed E-state index contributed by atoms with van der Waals surface area (Å²) in [5.41, 5.74) is 19.5. The van der Waals surface area contributed by atoms with Crippen LogP contribution < -0.4 is 26.2 Å². The van der Waals surface area contributed by atoms with E-state index in [1.54, 1.807) is 0 Å². The molecule has 7 rings (SSSR count). The fourth-order valence-corrected chi connectivity index (χ4v) is 8.73. The molecule has 0 aromatic heterocycles. The highest BCUT2D eigenvalue weighted by atomic mass is 15.2. The van der Waals surface area contributed by atoms with Gasteiger partial charge in [-0.1, -0.05) is 115 Å². The number of hydrogen-bond donors (Lipinski definition) is 0. The molecule has 53 heavy (non-hydrogen) atoms. The van der Waals surface area contributed by atoms with Crippen molar-refractivity contribution in [3.8, 4) is 0 Å². The lowest BCUT2D eigenvalue weighted by molar-refractivity contribution is 0.794. The number of nitrogens with zero attached hydrogens (tertiary/aromatic N) is 2. The van der Waals surface area contributed by atoms with Gasteiger partial charge in [-0.15, -0.1) is 0 Å². The van der Waals surface area contributed by atoms with Crippen molar-refractivity contribution in [2.75, 3.05) is 9.80 Å². The molecular formula is C50H61BN2. The number of anilines is 6. The van der Waals surface area contributed by atoms with Crippen LogP contribution in [0.3, 0.4) is 0 Å². The zero-order chi connectivity index (χ0) is 36.7. The normalized spacial score (nSPS) is 12.9. The predicted octanol–water partition coefficient (Wildman–Crippen LogP) is 12.5. The molecule has 0 atom stereocenters. The smallest absolute Gasteiger partial charge is 0.252 e. The zero-order valence-corrected chi connectivity index (χ0v) is 33.3.